The first kappa shape index (κ1) is 12.9. The Kier molecular flexibility index (Phi) is 4.90. The third kappa shape index (κ3) is 3.74. The molecule has 1 aromatic rings. The fourth-order valence-electron chi connectivity index (χ4n) is 2.63. The van der Waals surface area contributed by atoms with Gasteiger partial charge in [0.05, 0.1) is 7.11 Å². The van der Waals surface area contributed by atoms with E-state index in [0.29, 0.717) is 0 Å². The lowest BCUT2D eigenvalue weighted by Crippen LogP contribution is -2.19. The van der Waals surface area contributed by atoms with Crippen molar-refractivity contribution in [2.75, 3.05) is 7.11 Å². The molecule has 1 aliphatic carbocycles. The van der Waals surface area contributed by atoms with Gasteiger partial charge < -0.3 is 4.74 Å². The summed E-state index contributed by atoms with van der Waals surface area (Å²) in [6.07, 6.45) is 8.06. The van der Waals surface area contributed by atoms with E-state index in [9.17, 15) is 0 Å². The van der Waals surface area contributed by atoms with Gasteiger partial charge in [-0.15, -0.1) is 0 Å². The van der Waals surface area contributed by atoms with Gasteiger partial charge in [0.1, 0.15) is 5.75 Å². The van der Waals surface area contributed by atoms with E-state index in [1.807, 2.05) is 0 Å². The molecule has 2 unspecified atom stereocenters. The van der Waals surface area contributed by atoms with Gasteiger partial charge in [-0.2, -0.15) is 0 Å². The van der Waals surface area contributed by atoms with E-state index < -0.39 is 0 Å². The lowest BCUT2D eigenvalue weighted by Gasteiger charge is -2.27. The summed E-state index contributed by atoms with van der Waals surface area (Å²) in [4.78, 5) is 0.745. The normalized spacial score (nSPS) is 24.6. The Labute approximate surface area is 113 Å². The number of benzene rings is 1. The van der Waals surface area contributed by atoms with E-state index >= 15 is 0 Å². The van der Waals surface area contributed by atoms with Crippen LogP contribution in [0, 0.1) is 5.92 Å². The molecule has 0 aliphatic heterocycles. The van der Waals surface area contributed by atoms with Crippen LogP contribution in [0.25, 0.3) is 0 Å². The molecule has 1 saturated carbocycles. The summed E-state index contributed by atoms with van der Waals surface area (Å²) in [5.74, 6) is 1.82. The van der Waals surface area contributed by atoms with Gasteiger partial charge in [0.2, 0.25) is 0 Å². The van der Waals surface area contributed by atoms with Crippen molar-refractivity contribution in [3.63, 3.8) is 0 Å². The summed E-state index contributed by atoms with van der Waals surface area (Å²) in [5, 5.41) is 0. The van der Waals surface area contributed by atoms with Crippen LogP contribution in [0.2, 0.25) is 0 Å². The van der Waals surface area contributed by atoms with Crippen LogP contribution in [0.15, 0.2) is 24.3 Å². The average molecular weight is 297 g/mol. The summed E-state index contributed by atoms with van der Waals surface area (Å²) in [6.45, 7) is 0. The number of methoxy groups -OCH3 is 1. The maximum absolute atomic E-state index is 5.17. The highest BCUT2D eigenvalue weighted by Gasteiger charge is 2.22. The van der Waals surface area contributed by atoms with E-state index in [0.717, 1.165) is 16.5 Å². The van der Waals surface area contributed by atoms with Crippen LogP contribution in [-0.4, -0.2) is 11.9 Å². The Morgan fingerprint density at radius 2 is 1.88 bits per heavy atom. The molecule has 1 aliphatic rings. The Bertz CT molecular complexity index is 333. The predicted molar refractivity (Wildman–Crippen MR) is 76.0 cm³/mol. The molecule has 0 bridgehead atoms. The molecular weight excluding hydrogens is 276 g/mol. The molecule has 0 heterocycles. The van der Waals surface area contributed by atoms with Crippen LogP contribution >= 0.6 is 15.9 Å². The SMILES string of the molecule is COc1ccc(CCC2CCCCC2Br)cc1. The molecule has 0 aromatic heterocycles. The zero-order valence-corrected chi connectivity index (χ0v) is 12.1. The van der Waals surface area contributed by atoms with Crippen molar-refractivity contribution in [2.24, 2.45) is 5.92 Å². The highest BCUT2D eigenvalue weighted by Crippen LogP contribution is 2.33. The standard InChI is InChI=1S/C15H21BrO/c1-17-14-10-7-12(8-11-14)6-9-13-4-2-3-5-15(13)16/h7-8,10-11,13,15H,2-6,9H2,1H3. The zero-order chi connectivity index (χ0) is 12.1. The van der Waals surface area contributed by atoms with Crippen LogP contribution < -0.4 is 4.74 Å². The smallest absolute Gasteiger partial charge is 0.118 e. The highest BCUT2D eigenvalue weighted by molar-refractivity contribution is 9.09. The predicted octanol–water partition coefficient (Wildman–Crippen LogP) is 4.58. The Hall–Kier alpha value is -0.500. The summed E-state index contributed by atoms with van der Waals surface area (Å²) in [7, 11) is 1.71. The number of ether oxygens (including phenoxy) is 1. The monoisotopic (exact) mass is 296 g/mol. The molecule has 0 saturated heterocycles. The van der Waals surface area contributed by atoms with Crippen LogP contribution in [0.1, 0.15) is 37.7 Å². The molecule has 2 heteroatoms. The first-order valence-corrected chi connectivity index (χ1v) is 7.48. The third-order valence-electron chi connectivity index (χ3n) is 3.78. The molecule has 0 spiro atoms. The summed E-state index contributed by atoms with van der Waals surface area (Å²) in [6, 6.07) is 8.49. The highest BCUT2D eigenvalue weighted by atomic mass is 79.9. The van der Waals surface area contributed by atoms with Crippen molar-refractivity contribution in [2.45, 2.75) is 43.4 Å². The molecule has 94 valence electrons. The van der Waals surface area contributed by atoms with Gasteiger partial charge in [-0.1, -0.05) is 40.9 Å². The van der Waals surface area contributed by atoms with Gasteiger partial charge in [0, 0.05) is 4.83 Å². The molecule has 1 nitrogen and oxygen atoms in total. The lowest BCUT2D eigenvalue weighted by atomic mass is 9.85. The number of alkyl halides is 1. The molecular formula is C15H21BrO. The van der Waals surface area contributed by atoms with Crippen molar-refractivity contribution < 1.29 is 4.74 Å². The zero-order valence-electron chi connectivity index (χ0n) is 10.5. The third-order valence-corrected chi connectivity index (χ3v) is 4.98. The number of hydrogen-bond donors (Lipinski definition) is 0. The minimum absolute atomic E-state index is 0.745. The Morgan fingerprint density at radius 1 is 1.18 bits per heavy atom. The fraction of sp³-hybridized carbons (Fsp3) is 0.600. The lowest BCUT2D eigenvalue weighted by molar-refractivity contribution is 0.355. The fourth-order valence-corrected chi connectivity index (χ4v) is 3.48. The van der Waals surface area contributed by atoms with Gasteiger partial charge in [0.15, 0.2) is 0 Å². The maximum atomic E-state index is 5.17. The van der Waals surface area contributed by atoms with Gasteiger partial charge in [-0.05, 0) is 49.3 Å². The molecule has 0 N–H and O–H groups in total. The van der Waals surface area contributed by atoms with Crippen LogP contribution in [0.5, 0.6) is 5.75 Å². The molecule has 2 atom stereocenters. The number of halogens is 1. The van der Waals surface area contributed by atoms with Crippen LogP contribution in [0.3, 0.4) is 0 Å². The molecule has 1 aromatic carbocycles. The van der Waals surface area contributed by atoms with Crippen molar-refractivity contribution in [1.82, 2.24) is 0 Å². The first-order chi connectivity index (χ1) is 8.29. The topological polar surface area (TPSA) is 9.23 Å². The van der Waals surface area contributed by atoms with Crippen LogP contribution in [-0.2, 0) is 6.42 Å². The summed E-state index contributed by atoms with van der Waals surface area (Å²) >= 11 is 3.83. The quantitative estimate of drug-likeness (QED) is 0.739. The van der Waals surface area contributed by atoms with E-state index in [-0.39, 0.29) is 0 Å². The van der Waals surface area contributed by atoms with E-state index in [1.54, 1.807) is 7.11 Å². The van der Waals surface area contributed by atoms with Crippen molar-refractivity contribution in [3.8, 4) is 5.75 Å². The van der Waals surface area contributed by atoms with E-state index in [1.165, 1.54) is 44.1 Å². The van der Waals surface area contributed by atoms with Gasteiger partial charge in [0.25, 0.3) is 0 Å². The van der Waals surface area contributed by atoms with Gasteiger partial charge in [-0.3, -0.25) is 0 Å². The first-order valence-electron chi connectivity index (χ1n) is 6.56. The minimum Gasteiger partial charge on any atom is -0.497 e. The van der Waals surface area contributed by atoms with E-state index in [4.69, 9.17) is 4.74 Å². The van der Waals surface area contributed by atoms with Crippen LogP contribution in [0.4, 0.5) is 0 Å². The second-order valence-corrected chi connectivity index (χ2v) is 6.12. The summed E-state index contributed by atoms with van der Waals surface area (Å²) < 4.78 is 5.17. The molecule has 17 heavy (non-hydrogen) atoms. The molecule has 1 fully saturated rings. The van der Waals surface area contributed by atoms with E-state index in [2.05, 4.69) is 40.2 Å². The molecule has 0 radical (unpaired) electrons. The second kappa shape index (κ2) is 6.44. The number of rotatable bonds is 4. The Morgan fingerprint density at radius 3 is 2.53 bits per heavy atom. The second-order valence-electron chi connectivity index (χ2n) is 4.95. The minimum atomic E-state index is 0.745. The van der Waals surface area contributed by atoms with Crippen molar-refractivity contribution in [3.05, 3.63) is 29.8 Å². The Balaban J connectivity index is 1.84. The number of aryl methyl sites for hydroxylation is 1. The molecule has 0 amide bonds. The number of hydrogen-bond acceptors (Lipinski definition) is 1. The van der Waals surface area contributed by atoms with Gasteiger partial charge >= 0.3 is 0 Å². The molecule has 2 rings (SSSR count). The largest absolute Gasteiger partial charge is 0.497 e. The average Bonchev–Trinajstić information content (AvgIpc) is 2.38. The maximum Gasteiger partial charge on any atom is 0.118 e. The van der Waals surface area contributed by atoms with Crippen molar-refractivity contribution in [1.29, 1.82) is 0 Å². The van der Waals surface area contributed by atoms with Crippen molar-refractivity contribution >= 4 is 15.9 Å². The van der Waals surface area contributed by atoms with Gasteiger partial charge in [-0.25, -0.2) is 0 Å². The summed E-state index contributed by atoms with van der Waals surface area (Å²) in [5.41, 5.74) is 1.43.